The molecular formula is C11H17N3O2. The fourth-order valence-corrected chi connectivity index (χ4v) is 1.86. The van der Waals surface area contributed by atoms with Gasteiger partial charge in [-0.25, -0.2) is 0 Å². The van der Waals surface area contributed by atoms with Crippen LogP contribution in [0.5, 0.6) is 5.75 Å². The van der Waals surface area contributed by atoms with Crippen molar-refractivity contribution in [2.75, 3.05) is 49.8 Å². The first-order valence-electron chi connectivity index (χ1n) is 5.28. The summed E-state index contributed by atoms with van der Waals surface area (Å²) < 4.78 is 10.4. The van der Waals surface area contributed by atoms with Gasteiger partial charge in [0.05, 0.1) is 37.4 Å². The zero-order valence-electron chi connectivity index (χ0n) is 9.40. The normalized spacial score (nSPS) is 16.2. The molecule has 4 N–H and O–H groups in total. The van der Waals surface area contributed by atoms with Crippen molar-refractivity contribution in [1.29, 1.82) is 0 Å². The van der Waals surface area contributed by atoms with Crippen molar-refractivity contribution < 1.29 is 9.47 Å². The molecule has 1 fully saturated rings. The molecule has 16 heavy (non-hydrogen) atoms. The molecule has 1 aliphatic heterocycles. The summed E-state index contributed by atoms with van der Waals surface area (Å²) >= 11 is 0. The van der Waals surface area contributed by atoms with E-state index in [1.165, 1.54) is 0 Å². The second-order valence-corrected chi connectivity index (χ2v) is 3.71. The zero-order chi connectivity index (χ0) is 11.5. The average Bonchev–Trinajstić information content (AvgIpc) is 2.34. The highest BCUT2D eigenvalue weighted by molar-refractivity contribution is 5.83. The van der Waals surface area contributed by atoms with Crippen molar-refractivity contribution in [3.63, 3.8) is 0 Å². The minimum Gasteiger partial charge on any atom is -0.495 e. The van der Waals surface area contributed by atoms with Crippen molar-refractivity contribution in [3.05, 3.63) is 12.1 Å². The minimum absolute atomic E-state index is 0.506. The van der Waals surface area contributed by atoms with Crippen molar-refractivity contribution >= 4 is 17.1 Å². The van der Waals surface area contributed by atoms with Gasteiger partial charge in [0.15, 0.2) is 0 Å². The molecule has 5 nitrogen and oxygen atoms in total. The van der Waals surface area contributed by atoms with Crippen molar-refractivity contribution in [3.8, 4) is 5.75 Å². The summed E-state index contributed by atoms with van der Waals surface area (Å²) in [5.41, 5.74) is 13.9. The Balaban J connectivity index is 2.30. The van der Waals surface area contributed by atoms with Crippen LogP contribution < -0.4 is 21.1 Å². The molecule has 1 aromatic rings. The van der Waals surface area contributed by atoms with Crippen LogP contribution in [0.2, 0.25) is 0 Å². The third-order valence-electron chi connectivity index (χ3n) is 2.80. The number of nitrogens with two attached hydrogens (primary N) is 2. The van der Waals surface area contributed by atoms with Crippen LogP contribution in [0.15, 0.2) is 12.1 Å². The zero-order valence-corrected chi connectivity index (χ0v) is 9.40. The lowest BCUT2D eigenvalue weighted by atomic mass is 10.2. The molecule has 5 heteroatoms. The maximum atomic E-state index is 6.00. The topological polar surface area (TPSA) is 73.7 Å². The fraction of sp³-hybridized carbons (Fsp3) is 0.455. The molecular weight excluding hydrogens is 206 g/mol. The first-order valence-corrected chi connectivity index (χ1v) is 5.28. The van der Waals surface area contributed by atoms with Gasteiger partial charge in [-0.15, -0.1) is 0 Å². The molecule has 0 aromatic heterocycles. The first-order chi connectivity index (χ1) is 7.74. The molecule has 0 unspecified atom stereocenters. The highest BCUT2D eigenvalue weighted by atomic mass is 16.5. The van der Waals surface area contributed by atoms with E-state index in [9.17, 15) is 0 Å². The fourth-order valence-electron chi connectivity index (χ4n) is 1.86. The van der Waals surface area contributed by atoms with Gasteiger partial charge in [-0.3, -0.25) is 0 Å². The molecule has 0 spiro atoms. The molecule has 0 radical (unpaired) electrons. The van der Waals surface area contributed by atoms with Crippen LogP contribution in [-0.4, -0.2) is 33.4 Å². The maximum absolute atomic E-state index is 6.00. The largest absolute Gasteiger partial charge is 0.495 e. The number of benzene rings is 1. The Morgan fingerprint density at radius 3 is 2.50 bits per heavy atom. The monoisotopic (exact) mass is 223 g/mol. The number of anilines is 3. The molecule has 1 aromatic carbocycles. The van der Waals surface area contributed by atoms with Crippen LogP contribution in [0, 0.1) is 0 Å². The Bertz CT molecular complexity index is 376. The predicted molar refractivity (Wildman–Crippen MR) is 64.9 cm³/mol. The molecule has 0 saturated carbocycles. The summed E-state index contributed by atoms with van der Waals surface area (Å²) in [6.07, 6.45) is 0. The molecule has 1 aliphatic rings. The molecule has 0 bridgehead atoms. The molecule has 1 saturated heterocycles. The van der Waals surface area contributed by atoms with E-state index in [0.29, 0.717) is 17.1 Å². The summed E-state index contributed by atoms with van der Waals surface area (Å²) in [5, 5.41) is 0. The SMILES string of the molecule is COc1ccc(N2CCOCC2)c(N)c1N. The van der Waals surface area contributed by atoms with E-state index in [1.807, 2.05) is 12.1 Å². The molecule has 1 heterocycles. The van der Waals surface area contributed by atoms with Crippen LogP contribution in [0.25, 0.3) is 0 Å². The average molecular weight is 223 g/mol. The quantitative estimate of drug-likeness (QED) is 0.722. The van der Waals surface area contributed by atoms with Crippen LogP contribution in [0.3, 0.4) is 0 Å². The Morgan fingerprint density at radius 1 is 1.19 bits per heavy atom. The number of ether oxygens (including phenoxy) is 2. The maximum Gasteiger partial charge on any atom is 0.144 e. The van der Waals surface area contributed by atoms with Crippen molar-refractivity contribution in [1.82, 2.24) is 0 Å². The molecule has 0 aliphatic carbocycles. The third-order valence-corrected chi connectivity index (χ3v) is 2.80. The highest BCUT2D eigenvalue weighted by Gasteiger charge is 2.16. The Kier molecular flexibility index (Phi) is 3.05. The Morgan fingerprint density at radius 2 is 1.88 bits per heavy atom. The Hall–Kier alpha value is -1.62. The number of methoxy groups -OCH3 is 1. The smallest absolute Gasteiger partial charge is 0.144 e. The summed E-state index contributed by atoms with van der Waals surface area (Å²) in [6.45, 7) is 3.14. The summed E-state index contributed by atoms with van der Waals surface area (Å²) in [7, 11) is 1.58. The van der Waals surface area contributed by atoms with E-state index in [-0.39, 0.29) is 0 Å². The second kappa shape index (κ2) is 4.49. The summed E-state index contributed by atoms with van der Waals surface area (Å²) in [6, 6.07) is 3.78. The van der Waals surface area contributed by atoms with Gasteiger partial charge in [-0.1, -0.05) is 0 Å². The van der Waals surface area contributed by atoms with Gasteiger partial charge in [0.25, 0.3) is 0 Å². The van der Waals surface area contributed by atoms with Gasteiger partial charge >= 0.3 is 0 Å². The molecule has 0 amide bonds. The van der Waals surface area contributed by atoms with Crippen LogP contribution in [0.1, 0.15) is 0 Å². The number of hydrogen-bond donors (Lipinski definition) is 2. The number of nitrogen functional groups attached to an aromatic ring is 2. The van der Waals surface area contributed by atoms with E-state index in [1.54, 1.807) is 7.11 Å². The summed E-state index contributed by atoms with van der Waals surface area (Å²) in [4.78, 5) is 2.18. The van der Waals surface area contributed by atoms with Gasteiger partial charge in [0, 0.05) is 13.1 Å². The van der Waals surface area contributed by atoms with Crippen LogP contribution >= 0.6 is 0 Å². The van der Waals surface area contributed by atoms with Gasteiger partial charge in [0.2, 0.25) is 0 Å². The third kappa shape index (κ3) is 1.86. The predicted octanol–water partition coefficient (Wildman–Crippen LogP) is 0.696. The van der Waals surface area contributed by atoms with E-state index < -0.39 is 0 Å². The standard InChI is InChI=1S/C11H17N3O2/c1-15-9-3-2-8(10(12)11(9)13)14-4-6-16-7-5-14/h2-3H,4-7,12-13H2,1H3. The highest BCUT2D eigenvalue weighted by Crippen LogP contribution is 2.35. The molecule has 0 atom stereocenters. The lowest BCUT2D eigenvalue weighted by Gasteiger charge is -2.30. The van der Waals surface area contributed by atoms with Gasteiger partial charge < -0.3 is 25.8 Å². The van der Waals surface area contributed by atoms with E-state index in [0.717, 1.165) is 32.0 Å². The van der Waals surface area contributed by atoms with E-state index >= 15 is 0 Å². The van der Waals surface area contributed by atoms with Crippen LogP contribution in [-0.2, 0) is 4.74 Å². The van der Waals surface area contributed by atoms with Crippen molar-refractivity contribution in [2.45, 2.75) is 0 Å². The van der Waals surface area contributed by atoms with Crippen molar-refractivity contribution in [2.24, 2.45) is 0 Å². The minimum atomic E-state index is 0.506. The van der Waals surface area contributed by atoms with Gasteiger partial charge in [-0.2, -0.15) is 0 Å². The number of morpholine rings is 1. The number of hydrogen-bond acceptors (Lipinski definition) is 5. The lowest BCUT2D eigenvalue weighted by molar-refractivity contribution is 0.123. The molecule has 88 valence electrons. The van der Waals surface area contributed by atoms with E-state index in [4.69, 9.17) is 20.9 Å². The van der Waals surface area contributed by atoms with E-state index in [2.05, 4.69) is 4.90 Å². The van der Waals surface area contributed by atoms with Crippen LogP contribution in [0.4, 0.5) is 17.1 Å². The molecule has 2 rings (SSSR count). The number of rotatable bonds is 2. The second-order valence-electron chi connectivity index (χ2n) is 3.71. The lowest BCUT2D eigenvalue weighted by Crippen LogP contribution is -2.36. The van der Waals surface area contributed by atoms with Gasteiger partial charge in [0.1, 0.15) is 5.75 Å². The first kappa shape index (κ1) is 10.9. The summed E-state index contributed by atoms with van der Waals surface area (Å²) in [5.74, 6) is 0.620. The van der Waals surface area contributed by atoms with Gasteiger partial charge in [-0.05, 0) is 12.1 Å². The Labute approximate surface area is 94.9 Å². The number of nitrogens with zero attached hydrogens (tertiary/aromatic N) is 1.